The molecule has 0 radical (unpaired) electrons. The molecular weight excluding hydrogens is 685 g/mol. The van der Waals surface area contributed by atoms with Crippen LogP contribution in [0.5, 0.6) is 0 Å². The summed E-state index contributed by atoms with van der Waals surface area (Å²) in [6.07, 6.45) is 0. The van der Waals surface area contributed by atoms with Crippen molar-refractivity contribution in [1.29, 1.82) is 0 Å². The summed E-state index contributed by atoms with van der Waals surface area (Å²) in [6, 6.07) is 68.9. The van der Waals surface area contributed by atoms with Crippen LogP contribution in [0.1, 0.15) is 0 Å². The van der Waals surface area contributed by atoms with E-state index in [0.717, 1.165) is 88.5 Å². The zero-order chi connectivity index (χ0) is 36.7. The first-order chi connectivity index (χ1) is 27.8. The molecule has 56 heavy (non-hydrogen) atoms. The predicted octanol–water partition coefficient (Wildman–Crippen LogP) is 14.9. The van der Waals surface area contributed by atoms with Crippen molar-refractivity contribution in [3.63, 3.8) is 0 Å². The summed E-state index contributed by atoms with van der Waals surface area (Å²) in [6.45, 7) is 0. The molecule has 0 amide bonds. The molecule has 262 valence electrons. The van der Waals surface area contributed by atoms with E-state index in [-0.39, 0.29) is 0 Å². The summed E-state index contributed by atoms with van der Waals surface area (Å²) < 4.78 is 15.7. The minimum atomic E-state index is 0.847. The third-order valence-electron chi connectivity index (χ3n) is 11.4. The highest BCUT2D eigenvalue weighted by molar-refractivity contribution is 6.18. The van der Waals surface area contributed by atoms with Gasteiger partial charge >= 0.3 is 0 Å². The van der Waals surface area contributed by atoms with Crippen LogP contribution in [0.2, 0.25) is 0 Å². The van der Waals surface area contributed by atoms with Gasteiger partial charge < -0.3 is 18.3 Å². The van der Waals surface area contributed by atoms with E-state index in [1.54, 1.807) is 0 Å². The molecule has 0 bridgehead atoms. The van der Waals surface area contributed by atoms with Crippen molar-refractivity contribution >= 4 is 93.5 Å². The molecule has 9 aromatic carbocycles. The molecule has 3 aromatic heterocycles. The largest absolute Gasteiger partial charge is 0.456 e. The standard InChI is InChI=1S/C52H32N2O2/c1-2-14-36-33(13-1)27-32-42-41-20-11-19-40(52(41)56-51(36)42)39-17-5-9-23-46(39)54(47-24-12-26-49-50(47)43-18-6-10-25-48(43)55-49)35-30-28-34(29-31-35)53-44-21-7-3-15-37(44)38-16-4-8-22-45(38)53/h1-32H. The van der Waals surface area contributed by atoms with Crippen molar-refractivity contribution in [2.75, 3.05) is 4.90 Å². The van der Waals surface area contributed by atoms with Crippen molar-refractivity contribution in [2.24, 2.45) is 0 Å². The molecule has 0 aliphatic rings. The Kier molecular flexibility index (Phi) is 6.60. The number of furan rings is 2. The molecule has 12 rings (SSSR count). The average Bonchev–Trinajstić information content (AvgIpc) is 3.95. The highest BCUT2D eigenvalue weighted by atomic mass is 16.3. The monoisotopic (exact) mass is 716 g/mol. The van der Waals surface area contributed by atoms with Gasteiger partial charge in [-0.1, -0.05) is 127 Å². The van der Waals surface area contributed by atoms with Gasteiger partial charge in [-0.05, 0) is 72.1 Å². The first-order valence-corrected chi connectivity index (χ1v) is 19.0. The maximum Gasteiger partial charge on any atom is 0.143 e. The van der Waals surface area contributed by atoms with Crippen molar-refractivity contribution < 1.29 is 8.83 Å². The van der Waals surface area contributed by atoms with E-state index in [0.29, 0.717) is 0 Å². The number of fused-ring (bicyclic) bond motifs is 11. The van der Waals surface area contributed by atoms with Crippen molar-refractivity contribution in [3.8, 4) is 16.8 Å². The van der Waals surface area contributed by atoms with E-state index in [9.17, 15) is 0 Å². The van der Waals surface area contributed by atoms with Gasteiger partial charge in [0.1, 0.15) is 22.3 Å². The van der Waals surface area contributed by atoms with Crippen LogP contribution >= 0.6 is 0 Å². The molecule has 0 saturated carbocycles. The molecule has 0 spiro atoms. The fourth-order valence-electron chi connectivity index (χ4n) is 8.94. The van der Waals surface area contributed by atoms with Gasteiger partial charge in [-0.2, -0.15) is 0 Å². The van der Waals surface area contributed by atoms with Crippen LogP contribution in [0.15, 0.2) is 203 Å². The van der Waals surface area contributed by atoms with Gasteiger partial charge in [0.25, 0.3) is 0 Å². The third-order valence-corrected chi connectivity index (χ3v) is 11.4. The lowest BCUT2D eigenvalue weighted by molar-refractivity contribution is 0.669. The molecule has 0 unspecified atom stereocenters. The number of nitrogens with zero attached hydrogens (tertiary/aromatic N) is 2. The van der Waals surface area contributed by atoms with E-state index in [1.165, 1.54) is 21.8 Å². The van der Waals surface area contributed by atoms with E-state index in [1.807, 2.05) is 12.1 Å². The van der Waals surface area contributed by atoms with Crippen LogP contribution in [-0.2, 0) is 0 Å². The Labute approximate surface area is 321 Å². The van der Waals surface area contributed by atoms with Gasteiger partial charge in [0.05, 0.1) is 27.8 Å². The van der Waals surface area contributed by atoms with Gasteiger partial charge in [-0.3, -0.25) is 0 Å². The van der Waals surface area contributed by atoms with Crippen LogP contribution in [0.3, 0.4) is 0 Å². The van der Waals surface area contributed by atoms with Crippen LogP contribution in [-0.4, -0.2) is 4.57 Å². The van der Waals surface area contributed by atoms with Crippen molar-refractivity contribution in [1.82, 2.24) is 4.57 Å². The minimum absolute atomic E-state index is 0.847. The third kappa shape index (κ3) is 4.47. The fourth-order valence-corrected chi connectivity index (χ4v) is 8.94. The highest BCUT2D eigenvalue weighted by Crippen LogP contribution is 2.48. The fraction of sp³-hybridized carbons (Fsp3) is 0. The molecule has 12 aromatic rings. The topological polar surface area (TPSA) is 34.5 Å². The van der Waals surface area contributed by atoms with E-state index in [2.05, 4.69) is 191 Å². The zero-order valence-electron chi connectivity index (χ0n) is 30.2. The summed E-state index contributed by atoms with van der Waals surface area (Å²) >= 11 is 0. The van der Waals surface area contributed by atoms with Gasteiger partial charge in [0, 0.05) is 54.8 Å². The van der Waals surface area contributed by atoms with Crippen LogP contribution < -0.4 is 4.90 Å². The van der Waals surface area contributed by atoms with E-state index >= 15 is 0 Å². The summed E-state index contributed by atoms with van der Waals surface area (Å²) in [5.41, 5.74) is 12.2. The number of aromatic nitrogens is 1. The molecule has 0 saturated heterocycles. The number of para-hydroxylation sites is 5. The van der Waals surface area contributed by atoms with Gasteiger partial charge in [0.15, 0.2) is 0 Å². The van der Waals surface area contributed by atoms with Crippen molar-refractivity contribution in [3.05, 3.63) is 194 Å². The van der Waals surface area contributed by atoms with Crippen LogP contribution in [0.4, 0.5) is 17.1 Å². The van der Waals surface area contributed by atoms with Crippen molar-refractivity contribution in [2.45, 2.75) is 0 Å². The summed E-state index contributed by atoms with van der Waals surface area (Å²) in [5, 5.41) is 9.13. The Hall–Kier alpha value is -7.56. The maximum atomic E-state index is 6.90. The molecule has 0 fully saturated rings. The molecule has 3 heterocycles. The lowest BCUT2D eigenvalue weighted by Crippen LogP contribution is -2.12. The smallest absolute Gasteiger partial charge is 0.143 e. The lowest BCUT2D eigenvalue weighted by atomic mass is 9.98. The second-order valence-corrected chi connectivity index (χ2v) is 14.4. The lowest BCUT2D eigenvalue weighted by Gasteiger charge is -2.28. The Morgan fingerprint density at radius 3 is 1.77 bits per heavy atom. The SMILES string of the molecule is c1ccc(N(c2ccc(-n3c4ccccc4c4ccccc43)cc2)c2cccc3oc4ccccc4c23)c(-c2cccc3c2oc2c4ccccc4ccc32)c1. The number of hydrogen-bond donors (Lipinski definition) is 0. The summed E-state index contributed by atoms with van der Waals surface area (Å²) in [5.74, 6) is 0. The van der Waals surface area contributed by atoms with Gasteiger partial charge in [-0.15, -0.1) is 0 Å². The maximum absolute atomic E-state index is 6.90. The molecule has 0 atom stereocenters. The zero-order valence-corrected chi connectivity index (χ0v) is 30.2. The number of hydrogen-bond acceptors (Lipinski definition) is 3. The molecular formula is C52H32N2O2. The minimum Gasteiger partial charge on any atom is -0.456 e. The molecule has 0 aliphatic carbocycles. The Balaban J connectivity index is 1.11. The first kappa shape index (κ1) is 30.9. The Morgan fingerprint density at radius 2 is 0.946 bits per heavy atom. The van der Waals surface area contributed by atoms with Gasteiger partial charge in [-0.25, -0.2) is 0 Å². The predicted molar refractivity (Wildman–Crippen MR) is 233 cm³/mol. The number of anilines is 3. The summed E-state index contributed by atoms with van der Waals surface area (Å²) in [7, 11) is 0. The second kappa shape index (κ2) is 12.0. The molecule has 0 N–H and O–H groups in total. The second-order valence-electron chi connectivity index (χ2n) is 14.4. The molecule has 4 heteroatoms. The van der Waals surface area contributed by atoms with Crippen LogP contribution in [0.25, 0.3) is 93.3 Å². The van der Waals surface area contributed by atoms with Gasteiger partial charge in [0.2, 0.25) is 0 Å². The van der Waals surface area contributed by atoms with E-state index in [4.69, 9.17) is 8.83 Å². The van der Waals surface area contributed by atoms with E-state index < -0.39 is 0 Å². The average molecular weight is 717 g/mol. The Morgan fingerprint density at radius 1 is 0.357 bits per heavy atom. The Bertz CT molecular complexity index is 3440. The normalized spacial score (nSPS) is 11.9. The molecule has 0 aliphatic heterocycles. The quantitative estimate of drug-likeness (QED) is 0.178. The van der Waals surface area contributed by atoms with Crippen LogP contribution in [0, 0.1) is 0 Å². The summed E-state index contributed by atoms with van der Waals surface area (Å²) in [4.78, 5) is 2.38. The molecule has 4 nitrogen and oxygen atoms in total. The highest BCUT2D eigenvalue weighted by Gasteiger charge is 2.24. The number of rotatable bonds is 5. The number of benzene rings is 9. The first-order valence-electron chi connectivity index (χ1n) is 19.0.